The number of aromatic amines is 1. The van der Waals surface area contributed by atoms with E-state index in [9.17, 15) is 37.9 Å². The maximum Gasteiger partial charge on any atom is 0.340 e. The molecule has 0 aromatic carbocycles. The van der Waals surface area contributed by atoms with Crippen LogP contribution in [0.3, 0.4) is 0 Å². The Hall–Kier alpha value is -1.33. The third-order valence-corrected chi connectivity index (χ3v) is 11.4. The Labute approximate surface area is 199 Å². The van der Waals surface area contributed by atoms with Crippen LogP contribution in [0.15, 0.2) is 11.1 Å². The summed E-state index contributed by atoms with van der Waals surface area (Å²) in [6, 6.07) is 0. The SMILES string of the molecule is Nc1nc2c(ncn2[C@@H]2O[C@H](COP(=O)(O)CP(=O)(O)O)[C@@H](OP(=O)(O)CP(=O)(O)O)[C@H]2O)c(=O)[nH]1. The summed E-state index contributed by atoms with van der Waals surface area (Å²) in [5, 5.41) is 10.8. The van der Waals surface area contributed by atoms with Crippen LogP contribution in [0.5, 0.6) is 0 Å². The van der Waals surface area contributed by atoms with Crippen molar-refractivity contribution in [3.05, 3.63) is 16.7 Å². The summed E-state index contributed by atoms with van der Waals surface area (Å²) in [5.41, 5.74) is 4.26. The first-order valence-corrected chi connectivity index (χ1v) is 16.5. The molecule has 0 spiro atoms. The fourth-order valence-corrected chi connectivity index (χ4v) is 8.60. The Morgan fingerprint density at radius 2 is 1.64 bits per heavy atom. The van der Waals surface area contributed by atoms with Gasteiger partial charge in [-0.25, -0.2) is 4.98 Å². The Bertz CT molecular complexity index is 1380. The molecule has 0 radical (unpaired) electrons. The van der Waals surface area contributed by atoms with Crippen molar-refractivity contribution in [2.24, 2.45) is 0 Å². The van der Waals surface area contributed by atoms with Crippen LogP contribution in [-0.4, -0.2) is 90.7 Å². The minimum atomic E-state index is -5.13. The van der Waals surface area contributed by atoms with Gasteiger partial charge in [0.1, 0.15) is 18.3 Å². The lowest BCUT2D eigenvalue weighted by Gasteiger charge is -2.24. The quantitative estimate of drug-likeness (QED) is 0.133. The van der Waals surface area contributed by atoms with Gasteiger partial charge in [-0.1, -0.05) is 0 Å². The first-order chi connectivity index (χ1) is 16.3. The zero-order chi connectivity index (χ0) is 27.3. The first-order valence-electron chi connectivity index (χ1n) is 9.38. The van der Waals surface area contributed by atoms with E-state index >= 15 is 0 Å². The Morgan fingerprint density at radius 3 is 2.22 bits per heavy atom. The monoisotopic (exact) mass is 599 g/mol. The van der Waals surface area contributed by atoms with Gasteiger partial charge in [0, 0.05) is 0 Å². The standard InChI is InChI=1S/C12H21N5O15P4/c13-12-15-9-6(10(19)16-12)14-2-17(9)11-7(18)8(32-36(28,29)4-34(23,24)25)5(31-11)1-30-35(26,27)3-33(20,21)22/h2,5,7-8,11,18H,1,3-4H2,(H,26,27)(H,28,29)(H2,20,21,22)(H2,23,24,25)(H3,13,15,16,19)/t5-,7-,8-,11-/m1/s1. The molecular formula is C12H21N5O15P4. The van der Waals surface area contributed by atoms with Crippen LogP contribution in [0.2, 0.25) is 0 Å². The number of nitrogens with zero attached hydrogens (tertiary/aromatic N) is 3. The van der Waals surface area contributed by atoms with E-state index in [1.165, 1.54) is 0 Å². The second-order valence-electron chi connectivity index (χ2n) is 7.58. The van der Waals surface area contributed by atoms with Crippen molar-refractivity contribution in [1.82, 2.24) is 19.5 Å². The number of nitrogens with one attached hydrogen (secondary N) is 1. The van der Waals surface area contributed by atoms with Gasteiger partial charge < -0.3 is 49.5 Å². The van der Waals surface area contributed by atoms with Gasteiger partial charge in [-0.2, -0.15) is 4.98 Å². The molecule has 2 aromatic heterocycles. The van der Waals surface area contributed by atoms with E-state index in [1.807, 2.05) is 0 Å². The fraction of sp³-hybridized carbons (Fsp3) is 0.583. The third-order valence-electron chi connectivity index (χ3n) is 4.49. The molecule has 1 aliphatic heterocycles. The summed E-state index contributed by atoms with van der Waals surface area (Å²) >= 11 is 0. The van der Waals surface area contributed by atoms with E-state index in [0.29, 0.717) is 0 Å². The minimum Gasteiger partial charge on any atom is -0.386 e. The maximum absolute atomic E-state index is 12.3. The molecule has 24 heteroatoms. The number of aliphatic hydroxyl groups excluding tert-OH is 1. The van der Waals surface area contributed by atoms with Crippen molar-refractivity contribution in [3.8, 4) is 0 Å². The summed E-state index contributed by atoms with van der Waals surface area (Å²) in [5.74, 6) is -3.59. The summed E-state index contributed by atoms with van der Waals surface area (Å²) in [4.78, 5) is 77.3. The number of H-pyrrole nitrogens is 1. The smallest absolute Gasteiger partial charge is 0.340 e. The maximum atomic E-state index is 12.3. The molecule has 0 saturated carbocycles. The van der Waals surface area contributed by atoms with E-state index in [1.54, 1.807) is 0 Å². The Kier molecular flexibility index (Phi) is 8.19. The number of aliphatic hydroxyl groups is 1. The summed E-state index contributed by atoms with van der Waals surface area (Å²) in [6.45, 7) is -1.05. The third kappa shape index (κ3) is 7.37. The largest absolute Gasteiger partial charge is 0.386 e. The summed E-state index contributed by atoms with van der Waals surface area (Å²) in [6.07, 6.45) is -6.30. The second kappa shape index (κ2) is 10.1. The van der Waals surface area contributed by atoms with E-state index < -0.39 is 78.9 Å². The van der Waals surface area contributed by atoms with Crippen molar-refractivity contribution < 1.29 is 66.5 Å². The summed E-state index contributed by atoms with van der Waals surface area (Å²) < 4.78 is 62.5. The number of imidazole rings is 1. The van der Waals surface area contributed by atoms with Gasteiger partial charge in [0.05, 0.1) is 12.9 Å². The highest BCUT2D eigenvalue weighted by Crippen LogP contribution is 2.58. The average molecular weight is 599 g/mol. The van der Waals surface area contributed by atoms with Gasteiger partial charge in [-0.3, -0.25) is 37.1 Å². The molecule has 2 unspecified atom stereocenters. The minimum absolute atomic E-state index is 0.225. The molecule has 2 aromatic rings. The lowest BCUT2D eigenvalue weighted by atomic mass is 10.1. The topological polar surface area (TPSA) is 327 Å². The molecule has 0 aliphatic carbocycles. The van der Waals surface area contributed by atoms with Crippen LogP contribution >= 0.6 is 30.4 Å². The average Bonchev–Trinajstić information content (AvgIpc) is 3.18. The van der Waals surface area contributed by atoms with Crippen molar-refractivity contribution in [3.63, 3.8) is 0 Å². The highest BCUT2D eigenvalue weighted by molar-refractivity contribution is 7.70. The number of rotatable bonds is 10. The normalized spacial score (nSPS) is 26.6. The number of fused-ring (bicyclic) bond motifs is 1. The molecule has 1 fully saturated rings. The zero-order valence-electron chi connectivity index (χ0n) is 17.6. The first kappa shape index (κ1) is 29.2. The van der Waals surface area contributed by atoms with Gasteiger partial charge in [0.15, 0.2) is 29.2 Å². The van der Waals surface area contributed by atoms with Crippen LogP contribution in [0, 0.1) is 0 Å². The van der Waals surface area contributed by atoms with Crippen molar-refractivity contribution in [2.45, 2.75) is 24.5 Å². The molecule has 0 bridgehead atoms. The molecule has 204 valence electrons. The van der Waals surface area contributed by atoms with Crippen LogP contribution in [0.25, 0.3) is 11.2 Å². The molecule has 10 N–H and O–H groups in total. The number of ether oxygens (including phenoxy) is 1. The molecular weight excluding hydrogens is 578 g/mol. The van der Waals surface area contributed by atoms with E-state index in [0.717, 1.165) is 10.9 Å². The highest BCUT2D eigenvalue weighted by Gasteiger charge is 2.50. The van der Waals surface area contributed by atoms with E-state index in [2.05, 4.69) is 19.5 Å². The lowest BCUT2D eigenvalue weighted by Crippen LogP contribution is -2.36. The van der Waals surface area contributed by atoms with Crippen molar-refractivity contribution >= 4 is 47.5 Å². The number of hydrogen-bond acceptors (Lipinski definition) is 12. The van der Waals surface area contributed by atoms with Crippen molar-refractivity contribution in [2.75, 3.05) is 24.1 Å². The van der Waals surface area contributed by atoms with Gasteiger partial charge in [-0.05, 0) is 0 Å². The molecule has 20 nitrogen and oxygen atoms in total. The van der Waals surface area contributed by atoms with Gasteiger partial charge in [0.25, 0.3) is 5.56 Å². The summed E-state index contributed by atoms with van der Waals surface area (Å²) in [7, 11) is -20.2. The van der Waals surface area contributed by atoms with Crippen LogP contribution < -0.4 is 11.3 Å². The van der Waals surface area contributed by atoms with Gasteiger partial charge in [0.2, 0.25) is 5.95 Å². The van der Waals surface area contributed by atoms with Crippen LogP contribution in [0.4, 0.5) is 5.95 Å². The predicted octanol–water partition coefficient (Wildman–Crippen LogP) is -2.00. The van der Waals surface area contributed by atoms with Crippen LogP contribution in [-0.2, 0) is 32.0 Å². The molecule has 0 amide bonds. The molecule has 1 saturated heterocycles. The number of nitrogen functional groups attached to an aromatic ring is 1. The Morgan fingerprint density at radius 1 is 1.06 bits per heavy atom. The lowest BCUT2D eigenvalue weighted by molar-refractivity contribution is -0.0479. The molecule has 3 heterocycles. The number of anilines is 1. The fourth-order valence-electron chi connectivity index (χ4n) is 3.26. The van der Waals surface area contributed by atoms with E-state index in [4.69, 9.17) is 34.6 Å². The van der Waals surface area contributed by atoms with Crippen molar-refractivity contribution in [1.29, 1.82) is 0 Å². The van der Waals surface area contributed by atoms with Crippen LogP contribution in [0.1, 0.15) is 6.23 Å². The molecule has 3 rings (SSSR count). The predicted molar refractivity (Wildman–Crippen MR) is 117 cm³/mol. The van der Waals surface area contributed by atoms with Gasteiger partial charge >= 0.3 is 30.4 Å². The zero-order valence-corrected chi connectivity index (χ0v) is 21.2. The number of nitrogens with two attached hydrogens (primary N) is 1. The highest BCUT2D eigenvalue weighted by atomic mass is 31.2. The molecule has 6 atom stereocenters. The second-order valence-corrected chi connectivity index (χ2v) is 15.5. The number of aromatic nitrogens is 4. The van der Waals surface area contributed by atoms with Gasteiger partial charge in [-0.15, -0.1) is 0 Å². The molecule has 36 heavy (non-hydrogen) atoms. The molecule has 1 aliphatic rings. The Balaban J connectivity index is 1.95. The number of hydrogen-bond donors (Lipinski definition) is 9. The van der Waals surface area contributed by atoms with E-state index in [-0.39, 0.29) is 17.1 Å².